The van der Waals surface area contributed by atoms with Crippen molar-refractivity contribution in [3.8, 4) is 0 Å². The molecule has 0 radical (unpaired) electrons. The van der Waals surface area contributed by atoms with E-state index in [1.54, 1.807) is 6.20 Å². The SMILES string of the molecule is CCCn1c(CN(CCC(C)C)C(=O)c2cc(C)ccc2C)nc2cccnc21. The predicted octanol–water partition coefficient (Wildman–Crippen LogP) is 5.15. The van der Waals surface area contributed by atoms with Crippen molar-refractivity contribution in [3.63, 3.8) is 0 Å². The highest BCUT2D eigenvalue weighted by Gasteiger charge is 2.22. The zero-order valence-corrected chi connectivity index (χ0v) is 18.3. The molecule has 3 aromatic rings. The van der Waals surface area contributed by atoms with Gasteiger partial charge in [0.05, 0.1) is 6.54 Å². The lowest BCUT2D eigenvalue weighted by Gasteiger charge is -2.25. The van der Waals surface area contributed by atoms with E-state index in [9.17, 15) is 4.79 Å². The molecular formula is C24H32N4O. The number of fused-ring (bicyclic) bond motifs is 1. The van der Waals surface area contributed by atoms with Crippen LogP contribution in [0.15, 0.2) is 36.5 Å². The van der Waals surface area contributed by atoms with E-state index >= 15 is 0 Å². The van der Waals surface area contributed by atoms with Crippen molar-refractivity contribution in [2.45, 2.75) is 60.5 Å². The van der Waals surface area contributed by atoms with Crippen molar-refractivity contribution >= 4 is 17.1 Å². The fourth-order valence-corrected chi connectivity index (χ4v) is 3.56. The molecule has 0 N–H and O–H groups in total. The van der Waals surface area contributed by atoms with Crippen LogP contribution >= 0.6 is 0 Å². The standard InChI is InChI=1S/C24H32N4O/c1-6-13-28-22(26-21-8-7-12-25-23(21)28)16-27(14-11-17(2)3)24(29)20-15-18(4)9-10-19(20)5/h7-10,12,15,17H,6,11,13-14,16H2,1-5H3. The number of hydrogen-bond donors (Lipinski definition) is 0. The van der Waals surface area contributed by atoms with Gasteiger partial charge in [0.15, 0.2) is 5.65 Å². The number of imidazole rings is 1. The Morgan fingerprint density at radius 3 is 2.72 bits per heavy atom. The number of carbonyl (C=O) groups excluding carboxylic acids is 1. The van der Waals surface area contributed by atoms with Crippen molar-refractivity contribution in [3.05, 3.63) is 59.0 Å². The summed E-state index contributed by atoms with van der Waals surface area (Å²) in [6.45, 7) is 12.6. The van der Waals surface area contributed by atoms with E-state index in [1.165, 1.54) is 0 Å². The van der Waals surface area contributed by atoms with Gasteiger partial charge >= 0.3 is 0 Å². The van der Waals surface area contributed by atoms with Crippen molar-refractivity contribution in [2.24, 2.45) is 5.92 Å². The molecule has 29 heavy (non-hydrogen) atoms. The van der Waals surface area contributed by atoms with Gasteiger partial charge in [-0.2, -0.15) is 0 Å². The van der Waals surface area contributed by atoms with Gasteiger partial charge in [0.1, 0.15) is 11.3 Å². The van der Waals surface area contributed by atoms with Crippen LogP contribution in [-0.2, 0) is 13.1 Å². The molecule has 2 aromatic heterocycles. The van der Waals surface area contributed by atoms with E-state index in [1.807, 2.05) is 43.0 Å². The molecule has 5 nitrogen and oxygen atoms in total. The third-order valence-corrected chi connectivity index (χ3v) is 5.25. The lowest BCUT2D eigenvalue weighted by atomic mass is 10.0. The summed E-state index contributed by atoms with van der Waals surface area (Å²) in [7, 11) is 0. The van der Waals surface area contributed by atoms with Crippen LogP contribution in [0.3, 0.4) is 0 Å². The largest absolute Gasteiger partial charge is 0.331 e. The molecule has 0 aliphatic carbocycles. The zero-order valence-electron chi connectivity index (χ0n) is 18.3. The van der Waals surface area contributed by atoms with E-state index in [4.69, 9.17) is 4.98 Å². The Morgan fingerprint density at radius 2 is 2.00 bits per heavy atom. The molecule has 0 bridgehead atoms. The van der Waals surface area contributed by atoms with Crippen LogP contribution in [0.1, 0.15) is 60.9 Å². The number of carbonyl (C=O) groups is 1. The number of aryl methyl sites for hydroxylation is 3. The normalized spacial score (nSPS) is 11.4. The van der Waals surface area contributed by atoms with Gasteiger partial charge in [-0.3, -0.25) is 4.79 Å². The molecule has 2 heterocycles. The first kappa shape index (κ1) is 21.0. The Hall–Kier alpha value is -2.69. The van der Waals surface area contributed by atoms with Crippen molar-refractivity contribution in [1.29, 1.82) is 0 Å². The third kappa shape index (κ3) is 4.84. The zero-order chi connectivity index (χ0) is 21.0. The Bertz CT molecular complexity index is 990. The molecule has 5 heteroatoms. The second-order valence-electron chi connectivity index (χ2n) is 8.25. The molecule has 0 saturated heterocycles. The third-order valence-electron chi connectivity index (χ3n) is 5.25. The van der Waals surface area contributed by atoms with E-state index in [0.717, 1.165) is 53.1 Å². The summed E-state index contributed by atoms with van der Waals surface area (Å²) in [5, 5.41) is 0. The maximum Gasteiger partial charge on any atom is 0.254 e. The lowest BCUT2D eigenvalue weighted by molar-refractivity contribution is 0.0728. The minimum Gasteiger partial charge on any atom is -0.331 e. The van der Waals surface area contributed by atoms with Gasteiger partial charge < -0.3 is 9.47 Å². The summed E-state index contributed by atoms with van der Waals surface area (Å²) < 4.78 is 2.16. The molecule has 0 atom stereocenters. The molecule has 0 aliphatic rings. The van der Waals surface area contributed by atoms with Crippen molar-refractivity contribution < 1.29 is 4.79 Å². The number of rotatable bonds is 8. The Balaban J connectivity index is 1.97. The first-order valence-corrected chi connectivity index (χ1v) is 10.6. The van der Waals surface area contributed by atoms with Crippen LogP contribution in [0, 0.1) is 19.8 Å². The molecule has 3 rings (SSSR count). The number of benzene rings is 1. The number of pyridine rings is 1. The number of hydrogen-bond acceptors (Lipinski definition) is 3. The molecule has 0 fully saturated rings. The Kier molecular flexibility index (Phi) is 6.68. The summed E-state index contributed by atoms with van der Waals surface area (Å²) in [6.07, 6.45) is 3.76. The van der Waals surface area contributed by atoms with Gasteiger partial charge in [-0.1, -0.05) is 38.5 Å². The Labute approximate surface area is 173 Å². The fraction of sp³-hybridized carbons (Fsp3) is 0.458. The fourth-order valence-electron chi connectivity index (χ4n) is 3.56. The van der Waals surface area contributed by atoms with Gasteiger partial charge in [0.2, 0.25) is 0 Å². The summed E-state index contributed by atoms with van der Waals surface area (Å²) >= 11 is 0. The number of amides is 1. The summed E-state index contributed by atoms with van der Waals surface area (Å²) in [6, 6.07) is 9.98. The highest BCUT2D eigenvalue weighted by atomic mass is 16.2. The van der Waals surface area contributed by atoms with Gasteiger partial charge in [-0.05, 0) is 56.4 Å². The summed E-state index contributed by atoms with van der Waals surface area (Å²) in [5.41, 5.74) is 4.68. The molecule has 0 saturated carbocycles. The predicted molar refractivity (Wildman–Crippen MR) is 118 cm³/mol. The van der Waals surface area contributed by atoms with E-state index in [-0.39, 0.29) is 5.91 Å². The summed E-state index contributed by atoms with van der Waals surface area (Å²) in [4.78, 5) is 24.8. The molecule has 1 aromatic carbocycles. The minimum atomic E-state index is 0.0786. The van der Waals surface area contributed by atoms with Crippen LogP contribution < -0.4 is 0 Å². The Morgan fingerprint density at radius 1 is 1.21 bits per heavy atom. The molecule has 0 aliphatic heterocycles. The van der Waals surface area contributed by atoms with Gasteiger partial charge in [0, 0.05) is 24.8 Å². The van der Waals surface area contributed by atoms with Crippen molar-refractivity contribution in [2.75, 3.05) is 6.54 Å². The molecule has 1 amide bonds. The molecule has 154 valence electrons. The maximum atomic E-state index is 13.5. The number of aromatic nitrogens is 3. The topological polar surface area (TPSA) is 51.0 Å². The first-order valence-electron chi connectivity index (χ1n) is 10.6. The lowest BCUT2D eigenvalue weighted by Crippen LogP contribution is -2.33. The smallest absolute Gasteiger partial charge is 0.254 e. The monoisotopic (exact) mass is 392 g/mol. The van der Waals surface area contributed by atoms with E-state index < -0.39 is 0 Å². The highest BCUT2D eigenvalue weighted by Crippen LogP contribution is 2.20. The van der Waals surface area contributed by atoms with Crippen LogP contribution in [-0.4, -0.2) is 31.9 Å². The van der Waals surface area contributed by atoms with Gasteiger partial charge in [0.25, 0.3) is 5.91 Å². The second-order valence-corrected chi connectivity index (χ2v) is 8.25. The van der Waals surface area contributed by atoms with Crippen LogP contribution in [0.2, 0.25) is 0 Å². The molecule has 0 unspecified atom stereocenters. The second kappa shape index (κ2) is 9.21. The molecular weight excluding hydrogens is 360 g/mol. The highest BCUT2D eigenvalue weighted by molar-refractivity contribution is 5.95. The number of nitrogens with zero attached hydrogens (tertiary/aromatic N) is 4. The minimum absolute atomic E-state index is 0.0786. The summed E-state index contributed by atoms with van der Waals surface area (Å²) in [5.74, 6) is 1.51. The average Bonchev–Trinajstić information content (AvgIpc) is 3.04. The van der Waals surface area contributed by atoms with Crippen LogP contribution in [0.5, 0.6) is 0 Å². The quantitative estimate of drug-likeness (QED) is 0.533. The van der Waals surface area contributed by atoms with Crippen molar-refractivity contribution in [1.82, 2.24) is 19.4 Å². The maximum absolute atomic E-state index is 13.5. The van der Waals surface area contributed by atoms with Gasteiger partial charge in [-0.15, -0.1) is 0 Å². The van der Waals surface area contributed by atoms with Gasteiger partial charge in [-0.25, -0.2) is 9.97 Å². The van der Waals surface area contributed by atoms with E-state index in [0.29, 0.717) is 19.0 Å². The van der Waals surface area contributed by atoms with E-state index in [2.05, 4.69) is 36.4 Å². The van der Waals surface area contributed by atoms with Crippen LogP contribution in [0.25, 0.3) is 11.2 Å². The molecule has 0 spiro atoms. The first-order chi connectivity index (χ1) is 13.9. The van der Waals surface area contributed by atoms with Crippen LogP contribution in [0.4, 0.5) is 0 Å². The average molecular weight is 393 g/mol.